The Hall–Kier alpha value is -3.46. The van der Waals surface area contributed by atoms with E-state index in [2.05, 4.69) is 40.3 Å². The molecular weight excluding hydrogens is 624 g/mol. The largest absolute Gasteiger partial charge is 0.465 e. The summed E-state index contributed by atoms with van der Waals surface area (Å²) in [4.78, 5) is 53.4. The van der Waals surface area contributed by atoms with Crippen molar-refractivity contribution in [2.45, 2.75) is 85.3 Å². The van der Waals surface area contributed by atoms with E-state index in [9.17, 15) is 19.2 Å². The maximum absolute atomic E-state index is 13.7. The van der Waals surface area contributed by atoms with Crippen molar-refractivity contribution in [3.8, 4) is 0 Å². The van der Waals surface area contributed by atoms with Gasteiger partial charge in [0.05, 0.1) is 5.41 Å². The molecule has 2 aromatic carbocycles. The molecule has 1 N–H and O–H groups in total. The van der Waals surface area contributed by atoms with Crippen LogP contribution in [0.5, 0.6) is 0 Å². The summed E-state index contributed by atoms with van der Waals surface area (Å²) in [5, 5.41) is 3.03. The van der Waals surface area contributed by atoms with Gasteiger partial charge < -0.3 is 19.7 Å². The maximum Gasteiger partial charge on any atom is 0.331 e. The summed E-state index contributed by atoms with van der Waals surface area (Å²) in [6.45, 7) is 10.1. The average molecular weight is 670 g/mol. The van der Waals surface area contributed by atoms with Crippen molar-refractivity contribution in [1.82, 2.24) is 10.2 Å². The standard InChI is InChI=1S/C35H45BrN2O6/c1-6-26-11-13-27(14-12-26)15-16-31(40)43-24-35(33(42)37-23-28-9-7-8-10-29(28)36)17-19-38(20-18-35)30(39)21-25(2)22-32(41)44-34(3,4)5/h7-14,22H,6,15-21,23-24H2,1-5H3,(H,37,42). The average Bonchev–Trinajstić information content (AvgIpc) is 2.97. The number of nitrogens with zero attached hydrogens (tertiary/aromatic N) is 1. The van der Waals surface area contributed by atoms with Crippen LogP contribution in [0, 0.1) is 5.41 Å². The summed E-state index contributed by atoms with van der Waals surface area (Å²) in [6, 6.07) is 15.8. The first-order chi connectivity index (χ1) is 20.8. The summed E-state index contributed by atoms with van der Waals surface area (Å²) < 4.78 is 11.9. The number of carbonyl (C=O) groups is 4. The number of carbonyl (C=O) groups excluding carboxylic acids is 4. The Balaban J connectivity index is 1.63. The fourth-order valence-corrected chi connectivity index (χ4v) is 5.46. The predicted molar refractivity (Wildman–Crippen MR) is 174 cm³/mol. The van der Waals surface area contributed by atoms with Gasteiger partial charge in [0.2, 0.25) is 11.8 Å². The van der Waals surface area contributed by atoms with Crippen molar-refractivity contribution in [2.24, 2.45) is 5.41 Å². The van der Waals surface area contributed by atoms with Crippen LogP contribution in [0.1, 0.15) is 77.0 Å². The van der Waals surface area contributed by atoms with Crippen LogP contribution in [0.15, 0.2) is 64.7 Å². The van der Waals surface area contributed by atoms with E-state index in [1.807, 2.05) is 36.4 Å². The molecule has 3 rings (SSSR count). The molecule has 2 amide bonds. The molecule has 238 valence electrons. The lowest BCUT2D eigenvalue weighted by molar-refractivity contribution is -0.155. The highest BCUT2D eigenvalue weighted by atomic mass is 79.9. The molecule has 0 unspecified atom stereocenters. The topological polar surface area (TPSA) is 102 Å². The highest BCUT2D eigenvalue weighted by Gasteiger charge is 2.43. The Morgan fingerprint density at radius 1 is 1.00 bits per heavy atom. The first-order valence-electron chi connectivity index (χ1n) is 15.2. The fraction of sp³-hybridized carbons (Fsp3) is 0.486. The number of nitrogens with one attached hydrogen (secondary N) is 1. The van der Waals surface area contributed by atoms with E-state index >= 15 is 0 Å². The number of aryl methyl sites for hydroxylation is 2. The van der Waals surface area contributed by atoms with E-state index in [0.29, 0.717) is 44.5 Å². The van der Waals surface area contributed by atoms with E-state index < -0.39 is 17.0 Å². The molecule has 1 aliphatic rings. The Kier molecular flexibility index (Phi) is 12.8. The summed E-state index contributed by atoms with van der Waals surface area (Å²) in [5.74, 6) is -1.18. The van der Waals surface area contributed by atoms with Crippen LogP contribution in [0.4, 0.5) is 0 Å². The molecule has 0 atom stereocenters. The number of rotatable bonds is 12. The number of hydrogen-bond acceptors (Lipinski definition) is 6. The van der Waals surface area contributed by atoms with Crippen molar-refractivity contribution >= 4 is 39.7 Å². The molecular formula is C35H45BrN2O6. The number of benzene rings is 2. The van der Waals surface area contributed by atoms with Gasteiger partial charge in [-0.1, -0.05) is 70.9 Å². The van der Waals surface area contributed by atoms with Gasteiger partial charge in [0, 0.05) is 43.0 Å². The molecule has 0 aliphatic carbocycles. The minimum absolute atomic E-state index is 0.0536. The van der Waals surface area contributed by atoms with Crippen LogP contribution in [0.25, 0.3) is 0 Å². The summed E-state index contributed by atoms with van der Waals surface area (Å²) in [6.07, 6.45) is 3.86. The van der Waals surface area contributed by atoms with Gasteiger partial charge in [-0.2, -0.15) is 0 Å². The van der Waals surface area contributed by atoms with Crippen LogP contribution in [-0.4, -0.2) is 54.0 Å². The molecule has 1 aliphatic heterocycles. The van der Waals surface area contributed by atoms with Gasteiger partial charge in [-0.05, 0) is 76.1 Å². The van der Waals surface area contributed by atoms with E-state index in [4.69, 9.17) is 9.47 Å². The van der Waals surface area contributed by atoms with Crippen molar-refractivity contribution < 1.29 is 28.7 Å². The van der Waals surface area contributed by atoms with Crippen LogP contribution >= 0.6 is 15.9 Å². The molecule has 0 saturated carbocycles. The molecule has 8 nitrogen and oxygen atoms in total. The van der Waals surface area contributed by atoms with Gasteiger partial charge in [-0.3, -0.25) is 14.4 Å². The van der Waals surface area contributed by atoms with E-state index in [1.165, 1.54) is 11.6 Å². The fourth-order valence-electron chi connectivity index (χ4n) is 5.04. The molecule has 44 heavy (non-hydrogen) atoms. The van der Waals surface area contributed by atoms with Gasteiger partial charge in [0.25, 0.3) is 0 Å². The molecule has 1 heterocycles. The van der Waals surface area contributed by atoms with Crippen molar-refractivity contribution in [3.05, 3.63) is 81.3 Å². The third-order valence-electron chi connectivity index (χ3n) is 7.71. The maximum atomic E-state index is 13.7. The molecule has 9 heteroatoms. The normalized spacial score (nSPS) is 15.0. The van der Waals surface area contributed by atoms with Gasteiger partial charge in [0.15, 0.2) is 0 Å². The Labute approximate surface area is 269 Å². The molecule has 0 bridgehead atoms. The van der Waals surface area contributed by atoms with Gasteiger partial charge in [0.1, 0.15) is 12.2 Å². The highest BCUT2D eigenvalue weighted by molar-refractivity contribution is 9.10. The lowest BCUT2D eigenvalue weighted by Crippen LogP contribution is -2.52. The quantitative estimate of drug-likeness (QED) is 0.217. The second-order valence-electron chi connectivity index (χ2n) is 12.5. The predicted octanol–water partition coefficient (Wildman–Crippen LogP) is 6.09. The Morgan fingerprint density at radius 2 is 1.64 bits per heavy atom. The molecule has 0 spiro atoms. The van der Waals surface area contributed by atoms with E-state index in [-0.39, 0.29) is 37.2 Å². The molecule has 0 radical (unpaired) electrons. The van der Waals surface area contributed by atoms with Crippen LogP contribution in [0.2, 0.25) is 0 Å². The molecule has 1 saturated heterocycles. The Bertz CT molecular complexity index is 1340. The monoisotopic (exact) mass is 668 g/mol. The second-order valence-corrected chi connectivity index (χ2v) is 13.3. The Morgan fingerprint density at radius 3 is 2.25 bits per heavy atom. The summed E-state index contributed by atoms with van der Waals surface area (Å²) >= 11 is 3.52. The number of piperidine rings is 1. The highest BCUT2D eigenvalue weighted by Crippen LogP contribution is 2.33. The van der Waals surface area contributed by atoms with Crippen molar-refractivity contribution in [1.29, 1.82) is 0 Å². The number of ether oxygens (including phenoxy) is 2. The zero-order valence-electron chi connectivity index (χ0n) is 26.5. The first kappa shape index (κ1) is 35.0. The van der Waals surface area contributed by atoms with Crippen molar-refractivity contribution in [2.75, 3.05) is 19.7 Å². The smallest absolute Gasteiger partial charge is 0.331 e. The lowest BCUT2D eigenvalue weighted by atomic mass is 9.78. The summed E-state index contributed by atoms with van der Waals surface area (Å²) in [5.41, 5.74) is 2.26. The van der Waals surface area contributed by atoms with Crippen molar-refractivity contribution in [3.63, 3.8) is 0 Å². The van der Waals surface area contributed by atoms with E-state index in [1.54, 1.807) is 32.6 Å². The third kappa shape index (κ3) is 10.9. The van der Waals surface area contributed by atoms with Gasteiger partial charge in [-0.25, -0.2) is 4.79 Å². The van der Waals surface area contributed by atoms with Gasteiger partial charge in [-0.15, -0.1) is 0 Å². The number of hydrogen-bond donors (Lipinski definition) is 1. The van der Waals surface area contributed by atoms with Gasteiger partial charge >= 0.3 is 11.9 Å². The SMILES string of the molecule is CCc1ccc(CCC(=O)OCC2(C(=O)NCc3ccccc3Br)CCN(C(=O)CC(C)=CC(=O)OC(C)(C)C)CC2)cc1. The zero-order valence-corrected chi connectivity index (χ0v) is 28.1. The number of halogens is 1. The molecule has 2 aromatic rings. The minimum atomic E-state index is -0.960. The first-order valence-corrected chi connectivity index (χ1v) is 16.0. The van der Waals surface area contributed by atoms with Crippen LogP contribution in [-0.2, 0) is 48.0 Å². The third-order valence-corrected chi connectivity index (χ3v) is 8.49. The number of amides is 2. The molecule has 1 fully saturated rings. The van der Waals surface area contributed by atoms with E-state index in [0.717, 1.165) is 22.0 Å². The van der Waals surface area contributed by atoms with Crippen LogP contribution < -0.4 is 5.32 Å². The minimum Gasteiger partial charge on any atom is -0.465 e. The zero-order chi connectivity index (χ0) is 32.3. The molecule has 0 aromatic heterocycles. The lowest BCUT2D eigenvalue weighted by Gasteiger charge is -2.40. The number of likely N-dealkylation sites (tertiary alicyclic amines) is 1. The van der Waals surface area contributed by atoms with Crippen LogP contribution in [0.3, 0.4) is 0 Å². The summed E-state index contributed by atoms with van der Waals surface area (Å²) in [7, 11) is 0. The second kappa shape index (κ2) is 16.0. The number of esters is 2.